The molecule has 6 nitrogen and oxygen atoms in total. The van der Waals surface area contributed by atoms with Gasteiger partial charge in [-0.25, -0.2) is 9.97 Å². The van der Waals surface area contributed by atoms with Crippen LogP contribution in [-0.2, 0) is 13.0 Å². The largest absolute Gasteiger partial charge is 0.393 e. The van der Waals surface area contributed by atoms with Crippen LogP contribution in [-0.4, -0.2) is 52.2 Å². The molecule has 2 aliphatic rings. The topological polar surface area (TPSA) is 71.8 Å². The first kappa shape index (κ1) is 23.3. The van der Waals surface area contributed by atoms with Crippen LogP contribution in [0.15, 0.2) is 30.6 Å². The zero-order valence-corrected chi connectivity index (χ0v) is 20.6. The van der Waals surface area contributed by atoms with Crippen LogP contribution in [0.2, 0.25) is 0 Å². The number of H-pyrrole nitrogens is 1. The van der Waals surface area contributed by atoms with Crippen molar-refractivity contribution in [1.82, 2.24) is 19.9 Å². The number of nitriles is 1. The molecule has 1 spiro atoms. The van der Waals surface area contributed by atoms with E-state index in [1.807, 2.05) is 6.07 Å². The molecule has 1 atom stereocenters. The summed E-state index contributed by atoms with van der Waals surface area (Å²) in [5.41, 5.74) is 4.19. The first-order valence-electron chi connectivity index (χ1n) is 12.0. The second kappa shape index (κ2) is 8.46. The van der Waals surface area contributed by atoms with E-state index in [0.717, 1.165) is 79.0 Å². The standard InChI is InChI=1S/C26H25F3N6S/c1-16-17(2-3-22-20(16)8-18(11-30)33-22)12-34-6-4-25(13-34)5-7-35(14-25)23-21-9-19(10-26(27,28)29)36-24(21)32-15-31-23/h2-3,8-9,15,33H,4-7,10,12-14H2,1H3/t25-/m0/s1. The van der Waals surface area contributed by atoms with Crippen molar-refractivity contribution >= 4 is 38.3 Å². The van der Waals surface area contributed by atoms with Crippen LogP contribution in [0.3, 0.4) is 0 Å². The monoisotopic (exact) mass is 510 g/mol. The first-order valence-corrected chi connectivity index (χ1v) is 12.8. The van der Waals surface area contributed by atoms with Gasteiger partial charge in [0, 0.05) is 47.4 Å². The number of hydrogen-bond donors (Lipinski definition) is 1. The highest BCUT2D eigenvalue weighted by Crippen LogP contribution is 2.43. The zero-order valence-electron chi connectivity index (χ0n) is 19.8. The number of alkyl halides is 3. The lowest BCUT2D eigenvalue weighted by Gasteiger charge is -2.25. The summed E-state index contributed by atoms with van der Waals surface area (Å²) in [7, 11) is 0. The molecule has 1 N–H and O–H groups in total. The number of likely N-dealkylation sites (tertiary alicyclic amines) is 1. The van der Waals surface area contributed by atoms with Crippen LogP contribution in [0, 0.1) is 23.7 Å². The van der Waals surface area contributed by atoms with Crippen LogP contribution in [0.1, 0.15) is 34.5 Å². The predicted octanol–water partition coefficient (Wildman–Crippen LogP) is 5.56. The Labute approximate surface area is 210 Å². The first-order chi connectivity index (χ1) is 17.2. The lowest BCUT2D eigenvalue weighted by atomic mass is 9.86. The molecular formula is C26H25F3N6S. The maximum absolute atomic E-state index is 12.9. The number of fused-ring (bicyclic) bond motifs is 2. The van der Waals surface area contributed by atoms with E-state index < -0.39 is 12.6 Å². The van der Waals surface area contributed by atoms with E-state index in [1.54, 1.807) is 6.07 Å². The quantitative estimate of drug-likeness (QED) is 0.389. The Bertz CT molecular complexity index is 1500. The molecule has 36 heavy (non-hydrogen) atoms. The van der Waals surface area contributed by atoms with E-state index in [4.69, 9.17) is 0 Å². The van der Waals surface area contributed by atoms with Crippen molar-refractivity contribution in [2.45, 2.75) is 38.9 Å². The van der Waals surface area contributed by atoms with Crippen LogP contribution in [0.25, 0.3) is 21.1 Å². The second-order valence-electron chi connectivity index (χ2n) is 10.2. The van der Waals surface area contributed by atoms with E-state index in [1.165, 1.54) is 17.5 Å². The molecule has 1 aromatic carbocycles. The Balaban J connectivity index is 1.18. The molecule has 5 heterocycles. The van der Waals surface area contributed by atoms with Gasteiger partial charge in [0.25, 0.3) is 0 Å². The summed E-state index contributed by atoms with van der Waals surface area (Å²) in [5, 5.41) is 11.0. The van der Waals surface area contributed by atoms with Gasteiger partial charge < -0.3 is 9.88 Å². The van der Waals surface area contributed by atoms with Crippen LogP contribution >= 0.6 is 11.3 Å². The van der Waals surface area contributed by atoms with Gasteiger partial charge in [-0.1, -0.05) is 6.07 Å². The Morgan fingerprint density at radius 2 is 1.97 bits per heavy atom. The Morgan fingerprint density at radius 1 is 1.14 bits per heavy atom. The highest BCUT2D eigenvalue weighted by atomic mass is 32.1. The number of rotatable bonds is 4. The van der Waals surface area contributed by atoms with Gasteiger partial charge in [0.1, 0.15) is 28.7 Å². The van der Waals surface area contributed by atoms with E-state index in [9.17, 15) is 18.4 Å². The highest BCUT2D eigenvalue weighted by molar-refractivity contribution is 7.18. The fourth-order valence-corrected chi connectivity index (χ4v) is 6.93. The van der Waals surface area contributed by atoms with Crippen LogP contribution < -0.4 is 4.90 Å². The van der Waals surface area contributed by atoms with Crippen molar-refractivity contribution in [2.75, 3.05) is 31.1 Å². The number of thiophene rings is 1. The van der Waals surface area contributed by atoms with Crippen molar-refractivity contribution < 1.29 is 13.2 Å². The SMILES string of the molecule is Cc1c(CN2CC[C@]3(CCN(c4ncnc5sc(CC(F)(F)F)cc45)C3)C2)ccc2[nH]c(C#N)cc12. The van der Waals surface area contributed by atoms with Gasteiger partial charge in [-0.05, 0) is 55.6 Å². The van der Waals surface area contributed by atoms with E-state index in [-0.39, 0.29) is 10.3 Å². The normalized spacial score (nSPS) is 20.8. The van der Waals surface area contributed by atoms with Crippen molar-refractivity contribution in [1.29, 1.82) is 5.26 Å². The smallest absolute Gasteiger partial charge is 0.355 e. The maximum atomic E-state index is 12.9. The molecule has 6 rings (SSSR count). The molecule has 0 saturated carbocycles. The minimum Gasteiger partial charge on any atom is -0.355 e. The summed E-state index contributed by atoms with van der Waals surface area (Å²) in [6.07, 6.45) is -1.57. The van der Waals surface area contributed by atoms with Gasteiger partial charge in [-0.2, -0.15) is 18.4 Å². The summed E-state index contributed by atoms with van der Waals surface area (Å²) >= 11 is 1.10. The van der Waals surface area contributed by atoms with Crippen molar-refractivity contribution in [2.24, 2.45) is 5.41 Å². The van der Waals surface area contributed by atoms with Crippen molar-refractivity contribution in [3.63, 3.8) is 0 Å². The minimum atomic E-state index is -4.23. The number of nitrogens with one attached hydrogen (secondary N) is 1. The molecule has 2 aliphatic heterocycles. The summed E-state index contributed by atoms with van der Waals surface area (Å²) in [4.78, 5) is 17.5. The van der Waals surface area contributed by atoms with Crippen LogP contribution in [0.4, 0.5) is 19.0 Å². The second-order valence-corrected chi connectivity index (χ2v) is 11.3. The molecule has 4 aromatic rings. The maximum Gasteiger partial charge on any atom is 0.393 e. The highest BCUT2D eigenvalue weighted by Gasteiger charge is 2.44. The van der Waals surface area contributed by atoms with Gasteiger partial charge in [-0.3, -0.25) is 4.90 Å². The predicted molar refractivity (Wildman–Crippen MR) is 134 cm³/mol. The Hall–Kier alpha value is -3.16. The van der Waals surface area contributed by atoms with Gasteiger partial charge in [-0.15, -0.1) is 11.3 Å². The summed E-state index contributed by atoms with van der Waals surface area (Å²) in [6.45, 7) is 6.66. The number of aromatic nitrogens is 3. The number of aryl methyl sites for hydroxylation is 1. The van der Waals surface area contributed by atoms with Gasteiger partial charge in [0.15, 0.2) is 0 Å². The fraction of sp³-hybridized carbons (Fsp3) is 0.423. The fourth-order valence-electron chi connectivity index (χ4n) is 5.91. The number of aromatic amines is 1. The molecule has 0 bridgehead atoms. The van der Waals surface area contributed by atoms with Crippen molar-refractivity contribution in [3.8, 4) is 6.07 Å². The van der Waals surface area contributed by atoms with E-state index in [0.29, 0.717) is 10.5 Å². The van der Waals surface area contributed by atoms with E-state index in [2.05, 4.69) is 49.9 Å². The van der Waals surface area contributed by atoms with Gasteiger partial charge in [0.2, 0.25) is 0 Å². The van der Waals surface area contributed by atoms with E-state index >= 15 is 0 Å². The lowest BCUT2D eigenvalue weighted by Crippen LogP contribution is -2.31. The molecule has 0 radical (unpaired) electrons. The molecule has 0 unspecified atom stereocenters. The summed E-state index contributed by atoms with van der Waals surface area (Å²) < 4.78 is 38.8. The third kappa shape index (κ3) is 4.20. The average molecular weight is 511 g/mol. The third-order valence-corrected chi connectivity index (χ3v) is 8.73. The van der Waals surface area contributed by atoms with Crippen LogP contribution in [0.5, 0.6) is 0 Å². The molecule has 186 valence electrons. The third-order valence-electron chi connectivity index (χ3n) is 7.69. The number of nitrogens with zero attached hydrogens (tertiary/aromatic N) is 5. The number of anilines is 1. The Kier molecular flexibility index (Phi) is 5.46. The van der Waals surface area contributed by atoms with Gasteiger partial charge >= 0.3 is 6.18 Å². The molecular weight excluding hydrogens is 485 g/mol. The van der Waals surface area contributed by atoms with Crippen molar-refractivity contribution in [3.05, 3.63) is 52.3 Å². The number of halogens is 3. The number of hydrogen-bond acceptors (Lipinski definition) is 6. The summed E-state index contributed by atoms with van der Waals surface area (Å²) in [5.74, 6) is 0.752. The molecule has 0 aliphatic carbocycles. The average Bonchev–Trinajstić information content (AvgIpc) is 3.60. The summed E-state index contributed by atoms with van der Waals surface area (Å²) in [6, 6.07) is 9.91. The molecule has 0 amide bonds. The molecule has 2 saturated heterocycles. The minimum absolute atomic E-state index is 0.155. The number of benzene rings is 1. The molecule has 3 aromatic heterocycles. The Morgan fingerprint density at radius 3 is 2.78 bits per heavy atom. The molecule has 2 fully saturated rings. The molecule has 10 heteroatoms. The van der Waals surface area contributed by atoms with Gasteiger partial charge in [0.05, 0.1) is 11.8 Å². The zero-order chi connectivity index (χ0) is 25.1. The lowest BCUT2D eigenvalue weighted by molar-refractivity contribution is -0.126.